The number of hydrogen-bond acceptors (Lipinski definition) is 3. The minimum atomic E-state index is -0.323. The summed E-state index contributed by atoms with van der Waals surface area (Å²) < 4.78 is 16.0. The van der Waals surface area contributed by atoms with Crippen molar-refractivity contribution in [1.29, 1.82) is 0 Å². The smallest absolute Gasteiger partial charge is 0.227 e. The van der Waals surface area contributed by atoms with E-state index in [9.17, 15) is 14.0 Å². The minimum absolute atomic E-state index is 0.0160. The number of likely N-dealkylation sites (tertiary alicyclic amines) is 2. The maximum absolute atomic E-state index is 14.0. The predicted octanol–water partition coefficient (Wildman–Crippen LogP) is 4.43. The molecule has 0 unspecified atom stereocenters. The number of carbonyl (C=O) groups is 2. The molecule has 0 aliphatic carbocycles. The Morgan fingerprint density at radius 1 is 0.914 bits per heavy atom. The third kappa shape index (κ3) is 5.24. The van der Waals surface area contributed by atoms with Crippen molar-refractivity contribution in [3.05, 3.63) is 66.2 Å². The van der Waals surface area contributed by atoms with E-state index in [1.54, 1.807) is 18.2 Å². The molecule has 6 nitrogen and oxygen atoms in total. The molecule has 2 aliphatic rings. The van der Waals surface area contributed by atoms with E-state index in [1.807, 2.05) is 35.5 Å². The molecule has 2 aliphatic heterocycles. The molecule has 2 aromatic carbocycles. The number of halogens is 1. The van der Waals surface area contributed by atoms with Crippen LogP contribution >= 0.6 is 0 Å². The van der Waals surface area contributed by atoms with Crippen LogP contribution in [0.2, 0.25) is 0 Å². The van der Waals surface area contributed by atoms with E-state index in [0.717, 1.165) is 49.7 Å². The molecule has 1 atom stereocenters. The van der Waals surface area contributed by atoms with Gasteiger partial charge < -0.3 is 14.4 Å². The minimum Gasteiger partial charge on any atom is -0.342 e. The summed E-state index contributed by atoms with van der Waals surface area (Å²) in [7, 11) is 0. The van der Waals surface area contributed by atoms with Crippen molar-refractivity contribution in [2.75, 3.05) is 19.6 Å². The van der Waals surface area contributed by atoms with Crippen molar-refractivity contribution < 1.29 is 14.0 Å². The lowest BCUT2D eigenvalue weighted by Crippen LogP contribution is -2.51. The lowest BCUT2D eigenvalue weighted by Gasteiger charge is -2.44. The molecule has 2 fully saturated rings. The van der Waals surface area contributed by atoms with E-state index in [0.29, 0.717) is 37.5 Å². The maximum atomic E-state index is 14.0. The zero-order chi connectivity index (χ0) is 24.2. The van der Waals surface area contributed by atoms with E-state index in [4.69, 9.17) is 0 Å². The van der Waals surface area contributed by atoms with Crippen LogP contribution in [0.5, 0.6) is 0 Å². The number of aromatic nitrogens is 2. The third-order valence-corrected chi connectivity index (χ3v) is 7.70. The number of fused-ring (bicyclic) bond motifs is 1. The SMILES string of the molecule is O=C(Cc1ccccc1F)N1CCC([C@@H]2CCCCN2C(=O)CCn2cnc3ccccc32)CC1. The Labute approximate surface area is 205 Å². The predicted molar refractivity (Wildman–Crippen MR) is 133 cm³/mol. The molecule has 2 amide bonds. The number of hydrogen-bond donors (Lipinski definition) is 0. The Hall–Kier alpha value is -3.22. The number of carbonyl (C=O) groups excluding carboxylic acids is 2. The van der Waals surface area contributed by atoms with Crippen molar-refractivity contribution in [2.45, 2.75) is 57.5 Å². The first-order valence-electron chi connectivity index (χ1n) is 12.8. The second-order valence-corrected chi connectivity index (χ2v) is 9.81. The molecule has 0 bridgehead atoms. The number of amides is 2. The van der Waals surface area contributed by atoms with Gasteiger partial charge in [0.25, 0.3) is 0 Å². The highest BCUT2D eigenvalue weighted by Gasteiger charge is 2.35. The summed E-state index contributed by atoms with van der Waals surface area (Å²) in [6, 6.07) is 14.7. The molecule has 0 N–H and O–H groups in total. The van der Waals surface area contributed by atoms with Gasteiger partial charge in [-0.1, -0.05) is 30.3 Å². The van der Waals surface area contributed by atoms with Crippen LogP contribution in [0.3, 0.4) is 0 Å². The number of nitrogens with zero attached hydrogens (tertiary/aromatic N) is 4. The van der Waals surface area contributed by atoms with Gasteiger partial charge in [0.2, 0.25) is 11.8 Å². The fourth-order valence-corrected chi connectivity index (χ4v) is 5.76. The molecule has 1 aromatic heterocycles. The van der Waals surface area contributed by atoms with Gasteiger partial charge in [-0.3, -0.25) is 9.59 Å². The summed E-state index contributed by atoms with van der Waals surface area (Å²) in [5.74, 6) is 0.282. The molecular formula is C28H33FN4O2. The average molecular weight is 477 g/mol. The van der Waals surface area contributed by atoms with Crippen LogP contribution in [0.4, 0.5) is 4.39 Å². The molecule has 7 heteroatoms. The van der Waals surface area contributed by atoms with Gasteiger partial charge in [-0.25, -0.2) is 9.37 Å². The highest BCUT2D eigenvalue weighted by atomic mass is 19.1. The molecule has 0 radical (unpaired) electrons. The first-order chi connectivity index (χ1) is 17.1. The van der Waals surface area contributed by atoms with Gasteiger partial charge >= 0.3 is 0 Å². The number of benzene rings is 2. The summed E-state index contributed by atoms with van der Waals surface area (Å²) in [5, 5.41) is 0. The Balaban J connectivity index is 1.16. The van der Waals surface area contributed by atoms with Gasteiger partial charge in [0.05, 0.1) is 23.8 Å². The Morgan fingerprint density at radius 3 is 2.51 bits per heavy atom. The molecule has 3 heterocycles. The second kappa shape index (κ2) is 10.6. The van der Waals surface area contributed by atoms with E-state index >= 15 is 0 Å². The van der Waals surface area contributed by atoms with Crippen molar-refractivity contribution in [3.8, 4) is 0 Å². The van der Waals surface area contributed by atoms with Gasteiger partial charge in [0.15, 0.2) is 0 Å². The lowest BCUT2D eigenvalue weighted by molar-refractivity contribution is -0.139. The first-order valence-corrected chi connectivity index (χ1v) is 12.8. The first kappa shape index (κ1) is 23.5. The number of rotatable bonds is 6. The van der Waals surface area contributed by atoms with Gasteiger partial charge in [0, 0.05) is 38.6 Å². The summed E-state index contributed by atoms with van der Waals surface area (Å²) in [5.41, 5.74) is 2.46. The molecule has 0 spiro atoms. The van der Waals surface area contributed by atoms with Crippen LogP contribution in [0.1, 0.15) is 44.1 Å². The van der Waals surface area contributed by atoms with Crippen LogP contribution in [0, 0.1) is 11.7 Å². The topological polar surface area (TPSA) is 58.4 Å². The molecule has 184 valence electrons. The highest BCUT2D eigenvalue weighted by Crippen LogP contribution is 2.31. The number of imidazole rings is 1. The Kier molecular flexibility index (Phi) is 7.11. The standard InChI is InChI=1S/C28H33FN4O2/c29-23-8-2-1-7-22(23)19-28(35)31-16-12-21(13-17-31)25-10-5-6-15-33(25)27(34)14-18-32-20-30-24-9-3-4-11-26(24)32/h1-4,7-9,11,20-21,25H,5-6,10,12-19H2/t25-/m0/s1. The van der Waals surface area contributed by atoms with Gasteiger partial charge in [-0.05, 0) is 61.8 Å². The quantitative estimate of drug-likeness (QED) is 0.529. The van der Waals surface area contributed by atoms with Crippen LogP contribution < -0.4 is 0 Å². The number of para-hydroxylation sites is 2. The fourth-order valence-electron chi connectivity index (χ4n) is 5.76. The highest BCUT2D eigenvalue weighted by molar-refractivity contribution is 5.79. The molecule has 3 aromatic rings. The van der Waals surface area contributed by atoms with Crippen LogP contribution in [-0.4, -0.2) is 56.8 Å². The molecule has 2 saturated heterocycles. The third-order valence-electron chi connectivity index (χ3n) is 7.70. The summed E-state index contributed by atoms with van der Waals surface area (Å²) in [6.07, 6.45) is 7.41. The molecular weight excluding hydrogens is 443 g/mol. The second-order valence-electron chi connectivity index (χ2n) is 9.81. The number of piperidine rings is 2. The van der Waals surface area contributed by atoms with Gasteiger partial charge in [-0.2, -0.15) is 0 Å². The fraction of sp³-hybridized carbons (Fsp3) is 0.464. The monoisotopic (exact) mass is 476 g/mol. The Bertz CT molecular complexity index is 1180. The van der Waals surface area contributed by atoms with Crippen LogP contribution in [-0.2, 0) is 22.6 Å². The normalized spacial score (nSPS) is 19.3. The van der Waals surface area contributed by atoms with E-state index in [2.05, 4.69) is 14.5 Å². The van der Waals surface area contributed by atoms with Crippen molar-refractivity contribution >= 4 is 22.8 Å². The van der Waals surface area contributed by atoms with E-state index in [1.165, 1.54) is 6.07 Å². The summed E-state index contributed by atoms with van der Waals surface area (Å²) >= 11 is 0. The van der Waals surface area contributed by atoms with Gasteiger partial charge in [-0.15, -0.1) is 0 Å². The Morgan fingerprint density at radius 2 is 1.69 bits per heavy atom. The van der Waals surface area contributed by atoms with E-state index in [-0.39, 0.29) is 30.1 Å². The average Bonchev–Trinajstić information content (AvgIpc) is 3.32. The number of aryl methyl sites for hydroxylation is 1. The summed E-state index contributed by atoms with van der Waals surface area (Å²) in [6.45, 7) is 2.81. The van der Waals surface area contributed by atoms with Gasteiger partial charge in [0.1, 0.15) is 5.82 Å². The van der Waals surface area contributed by atoms with Crippen LogP contribution in [0.25, 0.3) is 11.0 Å². The maximum Gasteiger partial charge on any atom is 0.227 e. The van der Waals surface area contributed by atoms with Crippen molar-refractivity contribution in [3.63, 3.8) is 0 Å². The van der Waals surface area contributed by atoms with Crippen molar-refractivity contribution in [1.82, 2.24) is 19.4 Å². The molecule has 0 saturated carbocycles. The lowest BCUT2D eigenvalue weighted by atomic mass is 9.83. The zero-order valence-corrected chi connectivity index (χ0v) is 20.1. The van der Waals surface area contributed by atoms with E-state index < -0.39 is 0 Å². The largest absolute Gasteiger partial charge is 0.342 e. The molecule has 5 rings (SSSR count). The van der Waals surface area contributed by atoms with Crippen LogP contribution in [0.15, 0.2) is 54.9 Å². The van der Waals surface area contributed by atoms with Crippen molar-refractivity contribution in [2.24, 2.45) is 5.92 Å². The summed E-state index contributed by atoms with van der Waals surface area (Å²) in [4.78, 5) is 34.4. The molecule has 35 heavy (non-hydrogen) atoms. The zero-order valence-electron chi connectivity index (χ0n) is 20.1.